The molecule has 1 aromatic rings. The number of hydrogen-bond acceptors (Lipinski definition) is 4. The lowest BCUT2D eigenvalue weighted by Gasteiger charge is -2.21. The zero-order chi connectivity index (χ0) is 15.1. The van der Waals surface area contributed by atoms with Crippen molar-refractivity contribution >= 4 is 15.7 Å². The number of sulfonamides is 1. The van der Waals surface area contributed by atoms with Crippen LogP contribution in [0.2, 0.25) is 0 Å². The minimum absolute atomic E-state index is 0.237. The summed E-state index contributed by atoms with van der Waals surface area (Å²) in [6, 6.07) is 7.18. The van der Waals surface area contributed by atoms with Crippen molar-refractivity contribution in [3.05, 3.63) is 24.3 Å². The second kappa shape index (κ2) is 7.66. The lowest BCUT2D eigenvalue weighted by Crippen LogP contribution is -2.33. The Morgan fingerprint density at radius 3 is 2.62 bits per heavy atom. The number of benzene rings is 1. The predicted molar refractivity (Wildman–Crippen MR) is 84.7 cm³/mol. The topological polar surface area (TPSA) is 81.4 Å². The quantitative estimate of drug-likeness (QED) is 0.597. The van der Waals surface area contributed by atoms with Gasteiger partial charge in [0.05, 0.1) is 11.4 Å². The Hall–Kier alpha value is -1.27. The minimum Gasteiger partial charge on any atom is -0.490 e. The van der Waals surface area contributed by atoms with Crippen molar-refractivity contribution in [2.45, 2.75) is 32.1 Å². The number of nitrogens with two attached hydrogens (primary N) is 1. The van der Waals surface area contributed by atoms with Gasteiger partial charge in [-0.1, -0.05) is 31.4 Å². The Labute approximate surface area is 126 Å². The Bertz CT molecular complexity index is 540. The summed E-state index contributed by atoms with van der Waals surface area (Å²) in [5, 5.41) is 0. The maximum absolute atomic E-state index is 12.0. The highest BCUT2D eigenvalue weighted by molar-refractivity contribution is 7.89. The lowest BCUT2D eigenvalue weighted by atomic mass is 9.91. The fourth-order valence-corrected chi connectivity index (χ4v) is 4.16. The molecular formula is C15H24N2O3S. The van der Waals surface area contributed by atoms with E-state index in [9.17, 15) is 8.42 Å². The van der Waals surface area contributed by atoms with Crippen LogP contribution in [-0.2, 0) is 10.0 Å². The summed E-state index contributed by atoms with van der Waals surface area (Å²) in [7, 11) is -3.21. The summed E-state index contributed by atoms with van der Waals surface area (Å²) in [6.45, 7) is 0.543. The van der Waals surface area contributed by atoms with E-state index in [0.717, 1.165) is 25.7 Å². The van der Waals surface area contributed by atoms with Crippen molar-refractivity contribution in [1.82, 2.24) is 4.72 Å². The molecule has 5 nitrogen and oxygen atoms in total. The first-order valence-corrected chi connectivity index (χ1v) is 9.17. The van der Waals surface area contributed by atoms with Gasteiger partial charge in [0.2, 0.25) is 10.0 Å². The van der Waals surface area contributed by atoms with Gasteiger partial charge in [-0.05, 0) is 30.9 Å². The number of nitrogens with one attached hydrogen (secondary N) is 1. The number of ether oxygens (including phenoxy) is 1. The van der Waals surface area contributed by atoms with Gasteiger partial charge in [-0.3, -0.25) is 0 Å². The maximum atomic E-state index is 12.0. The third-order valence-corrected chi connectivity index (χ3v) is 5.33. The van der Waals surface area contributed by atoms with E-state index in [4.69, 9.17) is 10.5 Å². The highest BCUT2D eigenvalue weighted by Crippen LogP contribution is 2.24. The molecule has 1 fully saturated rings. The largest absolute Gasteiger partial charge is 0.490 e. The minimum atomic E-state index is -3.21. The van der Waals surface area contributed by atoms with Crippen LogP contribution < -0.4 is 15.2 Å². The molecule has 118 valence electrons. The summed E-state index contributed by atoms with van der Waals surface area (Å²) >= 11 is 0. The van der Waals surface area contributed by atoms with Crippen LogP contribution in [0.3, 0.4) is 0 Å². The van der Waals surface area contributed by atoms with Crippen LogP contribution in [0.5, 0.6) is 5.75 Å². The van der Waals surface area contributed by atoms with Crippen LogP contribution in [0.4, 0.5) is 5.69 Å². The van der Waals surface area contributed by atoms with Gasteiger partial charge in [-0.15, -0.1) is 0 Å². The number of hydrogen-bond donors (Lipinski definition) is 2. The maximum Gasteiger partial charge on any atom is 0.211 e. The normalized spacial score (nSPS) is 16.8. The highest BCUT2D eigenvalue weighted by atomic mass is 32.2. The molecule has 0 bridgehead atoms. The standard InChI is InChI=1S/C15H24N2O3S/c16-14-8-4-5-9-15(14)20-11-10-17-21(18,19)12-13-6-2-1-3-7-13/h4-5,8-9,13,17H,1-3,6-7,10-12,16H2. The number of rotatable bonds is 7. The first-order valence-electron chi connectivity index (χ1n) is 7.51. The molecule has 0 amide bonds. The Morgan fingerprint density at radius 2 is 1.90 bits per heavy atom. The van der Waals surface area contributed by atoms with E-state index in [1.165, 1.54) is 6.42 Å². The van der Waals surface area contributed by atoms with E-state index in [-0.39, 0.29) is 18.9 Å². The molecule has 2 rings (SSSR count). The zero-order valence-corrected chi connectivity index (χ0v) is 13.1. The van der Waals surface area contributed by atoms with Crippen LogP contribution in [0.15, 0.2) is 24.3 Å². The predicted octanol–water partition coefficient (Wildman–Crippen LogP) is 2.15. The van der Waals surface area contributed by atoms with E-state index >= 15 is 0 Å². The van der Waals surface area contributed by atoms with Gasteiger partial charge >= 0.3 is 0 Å². The molecule has 0 aromatic heterocycles. The monoisotopic (exact) mass is 312 g/mol. The molecule has 3 N–H and O–H groups in total. The molecule has 1 aromatic carbocycles. The molecule has 1 aliphatic carbocycles. The summed E-state index contributed by atoms with van der Waals surface area (Å²) in [5.74, 6) is 1.13. The van der Waals surface area contributed by atoms with Gasteiger partial charge in [-0.25, -0.2) is 13.1 Å². The van der Waals surface area contributed by atoms with E-state index in [1.54, 1.807) is 12.1 Å². The van der Waals surface area contributed by atoms with Gasteiger partial charge in [0, 0.05) is 6.54 Å². The SMILES string of the molecule is Nc1ccccc1OCCNS(=O)(=O)CC1CCCCC1. The smallest absolute Gasteiger partial charge is 0.211 e. The molecule has 1 aliphatic rings. The van der Waals surface area contributed by atoms with Gasteiger partial charge in [0.25, 0.3) is 0 Å². The molecule has 0 spiro atoms. The summed E-state index contributed by atoms with van der Waals surface area (Å²) in [4.78, 5) is 0. The first-order chi connectivity index (χ1) is 10.1. The third kappa shape index (κ3) is 5.55. The molecular weight excluding hydrogens is 288 g/mol. The second-order valence-corrected chi connectivity index (χ2v) is 7.42. The fraction of sp³-hybridized carbons (Fsp3) is 0.600. The molecule has 1 saturated carbocycles. The van der Waals surface area contributed by atoms with Crippen molar-refractivity contribution < 1.29 is 13.2 Å². The van der Waals surface area contributed by atoms with E-state index in [0.29, 0.717) is 17.4 Å². The molecule has 0 aliphatic heterocycles. The average molecular weight is 312 g/mol. The van der Waals surface area contributed by atoms with Crippen molar-refractivity contribution in [3.63, 3.8) is 0 Å². The van der Waals surface area contributed by atoms with Crippen molar-refractivity contribution in [1.29, 1.82) is 0 Å². The molecule has 21 heavy (non-hydrogen) atoms. The first kappa shape index (κ1) is 16.1. The van der Waals surface area contributed by atoms with E-state index in [2.05, 4.69) is 4.72 Å². The van der Waals surface area contributed by atoms with Gasteiger partial charge in [0.15, 0.2) is 0 Å². The fourth-order valence-electron chi connectivity index (χ4n) is 2.69. The molecule has 0 saturated heterocycles. The van der Waals surface area contributed by atoms with E-state index in [1.807, 2.05) is 12.1 Å². The highest BCUT2D eigenvalue weighted by Gasteiger charge is 2.20. The Kier molecular flexibility index (Phi) is 5.87. The Morgan fingerprint density at radius 1 is 1.19 bits per heavy atom. The van der Waals surface area contributed by atoms with Crippen molar-refractivity contribution in [2.75, 3.05) is 24.6 Å². The molecule has 0 atom stereocenters. The number of nitrogen functional groups attached to an aromatic ring is 1. The Balaban J connectivity index is 1.70. The summed E-state index contributed by atoms with van der Waals surface area (Å²) in [5.41, 5.74) is 6.31. The zero-order valence-electron chi connectivity index (χ0n) is 12.3. The molecule has 0 unspecified atom stereocenters. The lowest BCUT2D eigenvalue weighted by molar-refractivity contribution is 0.324. The van der Waals surface area contributed by atoms with Crippen LogP contribution >= 0.6 is 0 Å². The van der Waals surface area contributed by atoms with E-state index < -0.39 is 10.0 Å². The van der Waals surface area contributed by atoms with Gasteiger partial charge in [-0.2, -0.15) is 0 Å². The molecule has 0 heterocycles. The second-order valence-electron chi connectivity index (χ2n) is 5.57. The number of para-hydroxylation sites is 2. The van der Waals surface area contributed by atoms with Crippen LogP contribution in [0.1, 0.15) is 32.1 Å². The summed E-state index contributed by atoms with van der Waals surface area (Å²) in [6.07, 6.45) is 5.58. The molecule has 0 radical (unpaired) electrons. The van der Waals surface area contributed by atoms with Gasteiger partial charge < -0.3 is 10.5 Å². The third-order valence-electron chi connectivity index (χ3n) is 3.78. The average Bonchev–Trinajstić information content (AvgIpc) is 2.46. The number of anilines is 1. The van der Waals surface area contributed by atoms with Crippen LogP contribution in [0, 0.1) is 5.92 Å². The van der Waals surface area contributed by atoms with Gasteiger partial charge in [0.1, 0.15) is 12.4 Å². The molecule has 6 heteroatoms. The van der Waals surface area contributed by atoms with Crippen molar-refractivity contribution in [2.24, 2.45) is 5.92 Å². The van der Waals surface area contributed by atoms with Crippen LogP contribution in [0.25, 0.3) is 0 Å². The van der Waals surface area contributed by atoms with Crippen molar-refractivity contribution in [3.8, 4) is 5.75 Å². The summed E-state index contributed by atoms with van der Waals surface area (Å²) < 4.78 is 32.0. The van der Waals surface area contributed by atoms with Crippen LogP contribution in [-0.4, -0.2) is 27.3 Å².